The van der Waals surface area contributed by atoms with E-state index in [9.17, 15) is 14.4 Å². The van der Waals surface area contributed by atoms with E-state index in [0.717, 1.165) is 11.1 Å². The molecule has 0 aromatic heterocycles. The molecular weight excluding hydrogens is 324 g/mol. The van der Waals surface area contributed by atoms with Crippen molar-refractivity contribution in [3.05, 3.63) is 46.0 Å². The molecule has 2 atom stereocenters. The van der Waals surface area contributed by atoms with E-state index in [0.29, 0.717) is 23.1 Å². The van der Waals surface area contributed by atoms with Crippen LogP contribution in [-0.4, -0.2) is 29.4 Å². The van der Waals surface area contributed by atoms with E-state index >= 15 is 0 Å². The molecule has 6 heteroatoms. The summed E-state index contributed by atoms with van der Waals surface area (Å²) in [5.41, 5.74) is 3.05. The van der Waals surface area contributed by atoms with Crippen LogP contribution in [0.2, 0.25) is 0 Å². The SMILES string of the molecule is CC(=O)OCc1cc2c(c3c1C1OC(C)(C)OC1C3)C(=O)C=CC2=O. The number of carbonyl (C=O) groups excluding carboxylic acids is 3. The number of fused-ring (bicyclic) bond motifs is 5. The molecule has 4 rings (SSSR count). The Morgan fingerprint density at radius 2 is 1.96 bits per heavy atom. The van der Waals surface area contributed by atoms with Crippen molar-refractivity contribution in [3.8, 4) is 0 Å². The number of hydrogen-bond acceptors (Lipinski definition) is 6. The van der Waals surface area contributed by atoms with Crippen molar-refractivity contribution < 1.29 is 28.6 Å². The van der Waals surface area contributed by atoms with Gasteiger partial charge in [0.2, 0.25) is 0 Å². The summed E-state index contributed by atoms with van der Waals surface area (Å²) in [5, 5.41) is 0. The molecule has 1 saturated heterocycles. The van der Waals surface area contributed by atoms with Crippen molar-refractivity contribution in [2.75, 3.05) is 0 Å². The summed E-state index contributed by atoms with van der Waals surface area (Å²) in [5.74, 6) is -1.54. The van der Waals surface area contributed by atoms with Crippen molar-refractivity contribution >= 4 is 17.5 Å². The van der Waals surface area contributed by atoms with E-state index in [1.165, 1.54) is 19.1 Å². The molecule has 1 aliphatic heterocycles. The van der Waals surface area contributed by atoms with Crippen molar-refractivity contribution in [3.63, 3.8) is 0 Å². The molecule has 2 unspecified atom stereocenters. The van der Waals surface area contributed by atoms with Crippen LogP contribution in [0.4, 0.5) is 0 Å². The molecule has 0 N–H and O–H groups in total. The Morgan fingerprint density at radius 1 is 1.24 bits per heavy atom. The molecule has 0 amide bonds. The second-order valence-corrected chi connectivity index (χ2v) is 6.99. The number of benzene rings is 1. The maximum atomic E-state index is 12.4. The van der Waals surface area contributed by atoms with Gasteiger partial charge in [-0.1, -0.05) is 0 Å². The molecular formula is C19H18O6. The third-order valence-electron chi connectivity index (χ3n) is 4.76. The number of rotatable bonds is 2. The van der Waals surface area contributed by atoms with Gasteiger partial charge in [-0.25, -0.2) is 0 Å². The lowest BCUT2D eigenvalue weighted by Crippen LogP contribution is -2.23. The lowest BCUT2D eigenvalue weighted by atomic mass is 9.86. The summed E-state index contributed by atoms with van der Waals surface area (Å²) in [7, 11) is 0. The third-order valence-corrected chi connectivity index (χ3v) is 4.76. The maximum absolute atomic E-state index is 12.4. The zero-order valence-electron chi connectivity index (χ0n) is 14.3. The minimum atomic E-state index is -0.721. The van der Waals surface area contributed by atoms with E-state index in [2.05, 4.69) is 0 Å². The summed E-state index contributed by atoms with van der Waals surface area (Å²) in [6.07, 6.45) is 2.51. The van der Waals surface area contributed by atoms with Gasteiger partial charge in [0.1, 0.15) is 12.7 Å². The Morgan fingerprint density at radius 3 is 2.68 bits per heavy atom. The molecule has 3 aliphatic rings. The average Bonchev–Trinajstić information content (AvgIpc) is 3.00. The minimum Gasteiger partial charge on any atom is -0.461 e. The fraction of sp³-hybridized carbons (Fsp3) is 0.421. The predicted molar refractivity (Wildman–Crippen MR) is 86.2 cm³/mol. The first-order valence-corrected chi connectivity index (χ1v) is 8.21. The highest BCUT2D eigenvalue weighted by atomic mass is 16.8. The van der Waals surface area contributed by atoms with Crippen molar-refractivity contribution in [2.45, 2.75) is 51.8 Å². The maximum Gasteiger partial charge on any atom is 0.302 e. The highest BCUT2D eigenvalue weighted by Gasteiger charge is 2.49. The molecule has 1 heterocycles. The highest BCUT2D eigenvalue weighted by molar-refractivity contribution is 6.23. The molecule has 25 heavy (non-hydrogen) atoms. The first-order valence-electron chi connectivity index (χ1n) is 8.21. The number of ketones is 2. The summed E-state index contributed by atoms with van der Waals surface area (Å²) in [6.45, 7) is 5.04. The van der Waals surface area contributed by atoms with Crippen LogP contribution in [0.25, 0.3) is 0 Å². The average molecular weight is 342 g/mol. The van der Waals surface area contributed by atoms with Gasteiger partial charge in [-0.2, -0.15) is 0 Å². The molecule has 1 aromatic carbocycles. The minimum absolute atomic E-state index is 0.0309. The van der Waals surface area contributed by atoms with Gasteiger partial charge in [0.25, 0.3) is 0 Å². The zero-order chi connectivity index (χ0) is 17.9. The van der Waals surface area contributed by atoms with Crippen LogP contribution < -0.4 is 0 Å². The zero-order valence-corrected chi connectivity index (χ0v) is 14.3. The van der Waals surface area contributed by atoms with Gasteiger partial charge in [-0.3, -0.25) is 14.4 Å². The lowest BCUT2D eigenvalue weighted by molar-refractivity contribution is -0.149. The lowest BCUT2D eigenvalue weighted by Gasteiger charge is -2.23. The van der Waals surface area contributed by atoms with Gasteiger partial charge < -0.3 is 14.2 Å². The van der Waals surface area contributed by atoms with Gasteiger partial charge in [0, 0.05) is 24.5 Å². The third kappa shape index (κ3) is 2.53. The fourth-order valence-electron chi connectivity index (χ4n) is 3.91. The van der Waals surface area contributed by atoms with Crippen LogP contribution in [-0.2, 0) is 32.0 Å². The van der Waals surface area contributed by atoms with Crippen LogP contribution in [0.1, 0.15) is 64.3 Å². The van der Waals surface area contributed by atoms with Gasteiger partial charge in [0.15, 0.2) is 17.4 Å². The number of allylic oxidation sites excluding steroid dienone is 2. The van der Waals surface area contributed by atoms with E-state index in [1.54, 1.807) is 6.07 Å². The monoisotopic (exact) mass is 342 g/mol. The second-order valence-electron chi connectivity index (χ2n) is 6.99. The summed E-state index contributed by atoms with van der Waals surface area (Å²) in [4.78, 5) is 35.9. The van der Waals surface area contributed by atoms with Gasteiger partial charge in [0.05, 0.1) is 6.10 Å². The second kappa shape index (κ2) is 5.34. The van der Waals surface area contributed by atoms with Crippen LogP contribution in [0, 0.1) is 0 Å². The number of carbonyl (C=O) groups is 3. The number of ether oxygens (including phenoxy) is 3. The first kappa shape index (κ1) is 16.2. The highest BCUT2D eigenvalue weighted by Crippen LogP contribution is 2.49. The Hall–Kier alpha value is -2.31. The Labute approximate surface area is 144 Å². The molecule has 0 bridgehead atoms. The van der Waals surface area contributed by atoms with Crippen molar-refractivity contribution in [1.29, 1.82) is 0 Å². The van der Waals surface area contributed by atoms with Gasteiger partial charge >= 0.3 is 5.97 Å². The molecule has 0 saturated carbocycles. The van der Waals surface area contributed by atoms with Crippen LogP contribution in [0.3, 0.4) is 0 Å². The molecule has 0 radical (unpaired) electrons. The quantitative estimate of drug-likeness (QED) is 0.768. The molecule has 1 fully saturated rings. The van der Waals surface area contributed by atoms with E-state index in [4.69, 9.17) is 14.2 Å². The largest absolute Gasteiger partial charge is 0.461 e. The first-order chi connectivity index (χ1) is 11.8. The topological polar surface area (TPSA) is 78.9 Å². The normalized spacial score (nSPS) is 25.6. The fourth-order valence-corrected chi connectivity index (χ4v) is 3.91. The molecule has 2 aliphatic carbocycles. The molecule has 1 aromatic rings. The van der Waals surface area contributed by atoms with E-state index in [-0.39, 0.29) is 30.4 Å². The standard InChI is InChI=1S/C19H18O6/c1-9(20)23-8-10-6-11-13(21)4-5-14(22)17(11)12-7-15-18(16(10)12)25-19(2,3)24-15/h4-6,15,18H,7-8H2,1-3H3. The van der Waals surface area contributed by atoms with E-state index < -0.39 is 11.8 Å². The van der Waals surface area contributed by atoms with Crippen LogP contribution >= 0.6 is 0 Å². The summed E-state index contributed by atoms with van der Waals surface area (Å²) >= 11 is 0. The molecule has 0 spiro atoms. The Balaban J connectivity index is 1.88. The van der Waals surface area contributed by atoms with Crippen molar-refractivity contribution in [2.24, 2.45) is 0 Å². The van der Waals surface area contributed by atoms with Crippen LogP contribution in [0.5, 0.6) is 0 Å². The van der Waals surface area contributed by atoms with Crippen molar-refractivity contribution in [1.82, 2.24) is 0 Å². The summed E-state index contributed by atoms with van der Waals surface area (Å²) < 4.78 is 17.1. The summed E-state index contributed by atoms with van der Waals surface area (Å²) in [6, 6.07) is 1.65. The van der Waals surface area contributed by atoms with Gasteiger partial charge in [-0.05, 0) is 48.8 Å². The Kier molecular flexibility index (Phi) is 3.46. The Bertz CT molecular complexity index is 848. The molecule has 6 nitrogen and oxygen atoms in total. The van der Waals surface area contributed by atoms with Crippen LogP contribution in [0.15, 0.2) is 18.2 Å². The number of esters is 1. The van der Waals surface area contributed by atoms with E-state index in [1.807, 2.05) is 13.8 Å². The predicted octanol–water partition coefficient (Wildman–Crippen LogP) is 2.43. The number of hydrogen-bond donors (Lipinski definition) is 0. The van der Waals surface area contributed by atoms with Gasteiger partial charge in [-0.15, -0.1) is 0 Å². The molecule has 130 valence electrons. The smallest absolute Gasteiger partial charge is 0.302 e.